The first kappa shape index (κ1) is 23.1. The summed E-state index contributed by atoms with van der Waals surface area (Å²) in [5.74, 6) is 0.361. The fourth-order valence-corrected chi connectivity index (χ4v) is 6.91. The number of anilines is 1. The summed E-state index contributed by atoms with van der Waals surface area (Å²) in [5, 5.41) is 9.74. The van der Waals surface area contributed by atoms with Gasteiger partial charge in [-0.05, 0) is 70.6 Å². The average Bonchev–Trinajstić information content (AvgIpc) is 3.17. The van der Waals surface area contributed by atoms with Gasteiger partial charge >= 0.3 is 5.97 Å². The largest absolute Gasteiger partial charge is 0.451 e. The van der Waals surface area contributed by atoms with Crippen LogP contribution in [0.4, 0.5) is 5.82 Å². The highest BCUT2D eigenvalue weighted by Crippen LogP contribution is 2.63. The van der Waals surface area contributed by atoms with Crippen LogP contribution in [0.25, 0.3) is 0 Å². The number of amides is 2. The van der Waals surface area contributed by atoms with E-state index in [2.05, 4.69) is 15.7 Å². The van der Waals surface area contributed by atoms with Crippen molar-refractivity contribution in [2.45, 2.75) is 82.7 Å². The third-order valence-electron chi connectivity index (χ3n) is 7.47. The van der Waals surface area contributed by atoms with Crippen molar-refractivity contribution < 1.29 is 19.1 Å². The number of halogens is 1. The van der Waals surface area contributed by atoms with Crippen LogP contribution < -0.4 is 10.6 Å². The summed E-state index contributed by atoms with van der Waals surface area (Å²) in [4.78, 5) is 37.6. The zero-order chi connectivity index (χ0) is 23.1. The van der Waals surface area contributed by atoms with E-state index in [0.717, 1.165) is 38.5 Å². The fourth-order valence-electron chi connectivity index (χ4n) is 6.21. The quantitative estimate of drug-likeness (QED) is 0.453. The Kier molecular flexibility index (Phi) is 6.27. The maximum absolute atomic E-state index is 13.0. The zero-order valence-corrected chi connectivity index (χ0v) is 19.8. The molecule has 176 valence electrons. The van der Waals surface area contributed by atoms with Crippen molar-refractivity contribution in [2.75, 3.05) is 11.9 Å². The predicted octanol–water partition coefficient (Wildman–Crippen LogP) is 3.42. The summed E-state index contributed by atoms with van der Waals surface area (Å²) in [5.41, 5.74) is -0.469. The Labute approximate surface area is 193 Å². The summed E-state index contributed by atoms with van der Waals surface area (Å²) >= 11 is 6.81. The molecule has 0 saturated heterocycles. The lowest BCUT2D eigenvalue weighted by Gasteiger charge is -2.59. The van der Waals surface area contributed by atoms with Crippen LogP contribution in [-0.4, -0.2) is 45.1 Å². The number of rotatable bonds is 8. The van der Waals surface area contributed by atoms with Crippen molar-refractivity contribution >= 4 is 35.2 Å². The van der Waals surface area contributed by atoms with Crippen molar-refractivity contribution in [3.05, 3.63) is 12.3 Å². The predicted molar refractivity (Wildman–Crippen MR) is 120 cm³/mol. The van der Waals surface area contributed by atoms with E-state index in [0.29, 0.717) is 24.1 Å². The second kappa shape index (κ2) is 8.69. The number of carbonyl (C=O) groups is 3. The molecule has 0 aromatic carbocycles. The second-order valence-corrected chi connectivity index (χ2v) is 10.9. The molecular weight excluding hydrogens is 432 g/mol. The first-order valence-corrected chi connectivity index (χ1v) is 12.0. The number of esters is 1. The average molecular weight is 465 g/mol. The van der Waals surface area contributed by atoms with Gasteiger partial charge in [-0.15, -0.1) is 11.6 Å². The molecule has 0 unspecified atom stereocenters. The zero-order valence-electron chi connectivity index (χ0n) is 19.0. The monoisotopic (exact) mass is 464 g/mol. The van der Waals surface area contributed by atoms with Gasteiger partial charge in [-0.3, -0.25) is 14.4 Å². The van der Waals surface area contributed by atoms with E-state index in [1.807, 2.05) is 13.8 Å². The molecule has 5 rings (SSSR count). The van der Waals surface area contributed by atoms with Gasteiger partial charge < -0.3 is 15.4 Å². The molecule has 4 saturated carbocycles. The van der Waals surface area contributed by atoms with Crippen LogP contribution in [0.2, 0.25) is 0 Å². The minimum atomic E-state index is -0.995. The highest BCUT2D eigenvalue weighted by molar-refractivity contribution is 6.24. The topological polar surface area (TPSA) is 102 Å². The third kappa shape index (κ3) is 4.51. The lowest BCUT2D eigenvalue weighted by atomic mass is 9.49. The Bertz CT molecular complexity index is 886. The van der Waals surface area contributed by atoms with Crippen molar-refractivity contribution in [2.24, 2.45) is 17.3 Å². The van der Waals surface area contributed by atoms with E-state index in [-0.39, 0.29) is 23.4 Å². The van der Waals surface area contributed by atoms with Gasteiger partial charge in [0, 0.05) is 10.9 Å². The summed E-state index contributed by atoms with van der Waals surface area (Å²) < 4.78 is 6.98. The van der Waals surface area contributed by atoms with Gasteiger partial charge in [0.05, 0.1) is 17.7 Å². The van der Waals surface area contributed by atoms with Crippen LogP contribution in [0.15, 0.2) is 12.3 Å². The standard InChI is InChI=1S/C23H33ClN4O4/c1-4-14(2)28-18(5-6-26-28)27-20(30)15(3)32-19(29)12-25-21(31)22-8-16-7-17(9-22)11-23(24,10-16)13-22/h5-6,14-17H,4,7-13H2,1-3H3,(H,25,31)(H,27,30)/t14-,15-,16-,17-,22?,23?/m1/s1. The van der Waals surface area contributed by atoms with E-state index < -0.39 is 23.4 Å². The Morgan fingerprint density at radius 3 is 2.56 bits per heavy atom. The molecular formula is C23H33ClN4O4. The van der Waals surface area contributed by atoms with E-state index in [1.165, 1.54) is 6.92 Å². The molecule has 1 aromatic rings. The van der Waals surface area contributed by atoms with Crippen LogP contribution in [0.1, 0.15) is 71.8 Å². The van der Waals surface area contributed by atoms with Crippen molar-refractivity contribution in [1.29, 1.82) is 0 Å². The summed E-state index contributed by atoms with van der Waals surface area (Å²) in [7, 11) is 0. The number of ether oxygens (including phenoxy) is 1. The Hall–Kier alpha value is -2.09. The Morgan fingerprint density at radius 1 is 1.25 bits per heavy atom. The lowest BCUT2D eigenvalue weighted by Crippen LogP contribution is -2.58. The summed E-state index contributed by atoms with van der Waals surface area (Å²) in [6, 6.07) is 1.83. The van der Waals surface area contributed by atoms with E-state index in [4.69, 9.17) is 16.3 Å². The number of carbonyl (C=O) groups excluding carboxylic acids is 3. The molecule has 8 nitrogen and oxygen atoms in total. The molecule has 9 heteroatoms. The van der Waals surface area contributed by atoms with Crippen molar-refractivity contribution in [3.63, 3.8) is 0 Å². The van der Waals surface area contributed by atoms with Crippen LogP contribution >= 0.6 is 11.6 Å². The number of hydrogen-bond donors (Lipinski definition) is 2. The second-order valence-electron chi connectivity index (χ2n) is 10.1. The molecule has 0 spiro atoms. The van der Waals surface area contributed by atoms with Gasteiger partial charge in [0.1, 0.15) is 12.4 Å². The van der Waals surface area contributed by atoms with Gasteiger partial charge in [-0.2, -0.15) is 5.10 Å². The SMILES string of the molecule is CC[C@@H](C)n1nccc1NC(=O)[C@@H](C)OC(=O)CNC(=O)C12C[C@H]3C[C@@H](CC(Cl)(C3)C1)C2. The third-order valence-corrected chi connectivity index (χ3v) is 7.91. The van der Waals surface area contributed by atoms with Crippen LogP contribution in [0.3, 0.4) is 0 Å². The molecule has 4 atom stereocenters. The van der Waals surface area contributed by atoms with Crippen LogP contribution in [0.5, 0.6) is 0 Å². The molecule has 2 amide bonds. The molecule has 0 aliphatic heterocycles. The number of nitrogens with zero attached hydrogens (tertiary/aromatic N) is 2. The molecule has 1 heterocycles. The first-order valence-electron chi connectivity index (χ1n) is 11.6. The van der Waals surface area contributed by atoms with Crippen molar-refractivity contribution in [3.8, 4) is 0 Å². The van der Waals surface area contributed by atoms with Gasteiger partial charge in [-0.1, -0.05) is 6.92 Å². The van der Waals surface area contributed by atoms with Gasteiger partial charge in [0.15, 0.2) is 6.10 Å². The van der Waals surface area contributed by atoms with E-state index in [9.17, 15) is 14.4 Å². The van der Waals surface area contributed by atoms with Crippen LogP contribution in [-0.2, 0) is 19.1 Å². The fraction of sp³-hybridized carbons (Fsp3) is 0.739. The van der Waals surface area contributed by atoms with Gasteiger partial charge in [0.25, 0.3) is 5.91 Å². The Balaban J connectivity index is 1.27. The Morgan fingerprint density at radius 2 is 1.94 bits per heavy atom. The molecule has 0 radical (unpaired) electrons. The maximum atomic E-state index is 13.0. The number of alkyl halides is 1. The molecule has 2 N–H and O–H groups in total. The molecule has 4 bridgehead atoms. The minimum Gasteiger partial charge on any atom is -0.451 e. The van der Waals surface area contributed by atoms with Crippen molar-refractivity contribution in [1.82, 2.24) is 15.1 Å². The molecule has 32 heavy (non-hydrogen) atoms. The number of aromatic nitrogens is 2. The van der Waals surface area contributed by atoms with E-state index >= 15 is 0 Å². The first-order chi connectivity index (χ1) is 15.1. The molecule has 4 aliphatic rings. The highest BCUT2D eigenvalue weighted by Gasteiger charge is 2.60. The molecule has 4 fully saturated rings. The summed E-state index contributed by atoms with van der Waals surface area (Å²) in [6.45, 7) is 5.29. The lowest BCUT2D eigenvalue weighted by molar-refractivity contribution is -0.155. The molecule has 1 aromatic heterocycles. The van der Waals surface area contributed by atoms with E-state index in [1.54, 1.807) is 16.9 Å². The minimum absolute atomic E-state index is 0.108. The summed E-state index contributed by atoms with van der Waals surface area (Å²) in [6.07, 6.45) is 7.00. The highest BCUT2D eigenvalue weighted by atomic mass is 35.5. The number of hydrogen-bond acceptors (Lipinski definition) is 5. The maximum Gasteiger partial charge on any atom is 0.326 e. The number of nitrogens with one attached hydrogen (secondary N) is 2. The normalized spacial score (nSPS) is 32.2. The van der Waals surface area contributed by atoms with Gasteiger partial charge in [0.2, 0.25) is 5.91 Å². The van der Waals surface area contributed by atoms with Crippen LogP contribution in [0, 0.1) is 17.3 Å². The smallest absolute Gasteiger partial charge is 0.326 e. The molecule has 4 aliphatic carbocycles. The van der Waals surface area contributed by atoms with Gasteiger partial charge in [-0.25, -0.2) is 4.68 Å².